The smallest absolute Gasteiger partial charge is 0.423 e. The van der Waals surface area contributed by atoms with Crippen LogP contribution in [0.3, 0.4) is 0 Å². The number of thioether (sulfide) groups is 1. The third-order valence-corrected chi connectivity index (χ3v) is 4.88. The molecule has 0 saturated carbocycles. The van der Waals surface area contributed by atoms with Gasteiger partial charge in [0.1, 0.15) is 5.82 Å². The number of hydrogen-bond donors (Lipinski definition) is 2. The topological polar surface area (TPSA) is 40.5 Å². The molecule has 1 aliphatic rings. The molecule has 2 N–H and O–H groups in total. The predicted molar refractivity (Wildman–Crippen MR) is 84.3 cm³/mol. The lowest BCUT2D eigenvalue weighted by atomic mass is 9.80. The average Bonchev–Trinajstić information content (AvgIpc) is 2.93. The zero-order valence-electron chi connectivity index (χ0n) is 11.6. The molecule has 1 aliphatic carbocycles. The Morgan fingerprint density at radius 1 is 1.05 bits per heavy atom. The van der Waals surface area contributed by atoms with Crippen LogP contribution in [0.25, 0.3) is 0 Å². The van der Waals surface area contributed by atoms with Gasteiger partial charge in [0.2, 0.25) is 0 Å². The minimum absolute atomic E-state index is 0.179. The molecule has 0 atom stereocenters. The molecular weight excluding hydrogens is 286 g/mol. The molecule has 0 aromatic heterocycles. The van der Waals surface area contributed by atoms with E-state index in [4.69, 9.17) is 10.0 Å². The van der Waals surface area contributed by atoms with Crippen molar-refractivity contribution < 1.29 is 14.4 Å². The van der Waals surface area contributed by atoms with Crippen LogP contribution in [0.2, 0.25) is 0 Å². The van der Waals surface area contributed by atoms with E-state index in [0.29, 0.717) is 11.3 Å². The Morgan fingerprint density at radius 3 is 2.62 bits per heavy atom. The largest absolute Gasteiger partial charge is 0.488 e. The first kappa shape index (κ1) is 14.6. The number of aryl methyl sites for hydroxylation is 2. The van der Waals surface area contributed by atoms with Crippen molar-refractivity contribution in [1.82, 2.24) is 0 Å². The Morgan fingerprint density at radius 2 is 1.86 bits per heavy atom. The molecule has 0 unspecified atom stereocenters. The van der Waals surface area contributed by atoms with E-state index < -0.39 is 12.9 Å². The van der Waals surface area contributed by atoms with Crippen molar-refractivity contribution in [1.29, 1.82) is 0 Å². The van der Waals surface area contributed by atoms with Crippen molar-refractivity contribution in [2.75, 3.05) is 0 Å². The number of hydrogen-bond acceptors (Lipinski definition) is 3. The highest BCUT2D eigenvalue weighted by atomic mass is 32.2. The molecule has 2 aromatic carbocycles. The van der Waals surface area contributed by atoms with Gasteiger partial charge in [-0.3, -0.25) is 0 Å². The minimum Gasteiger partial charge on any atom is -0.423 e. The van der Waals surface area contributed by atoms with Crippen LogP contribution >= 0.6 is 11.8 Å². The van der Waals surface area contributed by atoms with Crippen LogP contribution in [0.1, 0.15) is 23.1 Å². The van der Waals surface area contributed by atoms with Crippen LogP contribution in [0.4, 0.5) is 4.39 Å². The second-order valence-corrected chi connectivity index (χ2v) is 6.35. The SMILES string of the molecule is OB(O)c1ccc(CSc2ccc3c(c2)CCC3)c(F)c1. The lowest BCUT2D eigenvalue weighted by molar-refractivity contribution is 0.425. The molecule has 5 heteroatoms. The van der Waals surface area contributed by atoms with Crippen molar-refractivity contribution in [2.45, 2.75) is 29.9 Å². The molecule has 0 amide bonds. The second kappa shape index (κ2) is 6.22. The van der Waals surface area contributed by atoms with Crippen LogP contribution < -0.4 is 5.46 Å². The molecule has 0 fully saturated rings. The Kier molecular flexibility index (Phi) is 4.33. The van der Waals surface area contributed by atoms with Crippen molar-refractivity contribution in [2.24, 2.45) is 0 Å². The summed E-state index contributed by atoms with van der Waals surface area (Å²) in [5, 5.41) is 18.0. The highest BCUT2D eigenvalue weighted by molar-refractivity contribution is 7.98. The van der Waals surface area contributed by atoms with E-state index in [0.717, 1.165) is 11.3 Å². The Balaban J connectivity index is 1.70. The van der Waals surface area contributed by atoms with Gasteiger partial charge < -0.3 is 10.0 Å². The summed E-state index contributed by atoms with van der Waals surface area (Å²) in [6.45, 7) is 0. The van der Waals surface area contributed by atoms with Gasteiger partial charge in [-0.25, -0.2) is 4.39 Å². The van der Waals surface area contributed by atoms with Gasteiger partial charge in [-0.15, -0.1) is 11.8 Å². The molecule has 108 valence electrons. The first-order valence-electron chi connectivity index (χ1n) is 7.02. The van der Waals surface area contributed by atoms with E-state index in [2.05, 4.69) is 18.2 Å². The Labute approximate surface area is 128 Å². The maximum Gasteiger partial charge on any atom is 0.488 e. The van der Waals surface area contributed by atoms with Crippen LogP contribution in [0.5, 0.6) is 0 Å². The van der Waals surface area contributed by atoms with Gasteiger partial charge in [-0.05, 0) is 59.6 Å². The maximum absolute atomic E-state index is 13.9. The average molecular weight is 302 g/mol. The molecule has 2 aromatic rings. The number of fused-ring (bicyclic) bond motifs is 1. The number of rotatable bonds is 4. The highest BCUT2D eigenvalue weighted by Gasteiger charge is 2.14. The van der Waals surface area contributed by atoms with Gasteiger partial charge in [0, 0.05) is 10.6 Å². The van der Waals surface area contributed by atoms with Gasteiger partial charge in [0.15, 0.2) is 0 Å². The normalized spacial score (nSPS) is 13.3. The zero-order chi connectivity index (χ0) is 14.8. The fraction of sp³-hybridized carbons (Fsp3) is 0.250. The minimum atomic E-state index is -1.63. The van der Waals surface area contributed by atoms with E-state index in [9.17, 15) is 4.39 Å². The van der Waals surface area contributed by atoms with Crippen molar-refractivity contribution >= 4 is 24.3 Å². The zero-order valence-corrected chi connectivity index (χ0v) is 12.4. The fourth-order valence-electron chi connectivity index (χ4n) is 2.64. The monoisotopic (exact) mass is 302 g/mol. The fourth-order valence-corrected chi connectivity index (χ4v) is 3.59. The third kappa shape index (κ3) is 3.31. The summed E-state index contributed by atoms with van der Waals surface area (Å²) in [6, 6.07) is 10.8. The number of halogens is 1. The second-order valence-electron chi connectivity index (χ2n) is 5.30. The maximum atomic E-state index is 13.9. The van der Waals surface area contributed by atoms with Gasteiger partial charge in [-0.2, -0.15) is 0 Å². The summed E-state index contributed by atoms with van der Waals surface area (Å²) >= 11 is 1.60. The molecule has 0 bridgehead atoms. The highest BCUT2D eigenvalue weighted by Crippen LogP contribution is 2.29. The summed E-state index contributed by atoms with van der Waals surface area (Å²) in [4.78, 5) is 1.15. The van der Waals surface area contributed by atoms with Crippen molar-refractivity contribution in [3.8, 4) is 0 Å². The predicted octanol–water partition coefficient (Wildman–Crippen LogP) is 2.29. The molecule has 0 saturated heterocycles. The lowest BCUT2D eigenvalue weighted by Crippen LogP contribution is -2.30. The van der Waals surface area contributed by atoms with Crippen LogP contribution in [0.15, 0.2) is 41.3 Å². The molecule has 0 aliphatic heterocycles. The number of benzene rings is 2. The summed E-state index contributed by atoms with van der Waals surface area (Å²) in [5.41, 5.74) is 3.61. The molecule has 0 heterocycles. The molecule has 3 rings (SSSR count). The van der Waals surface area contributed by atoms with Gasteiger partial charge in [0.25, 0.3) is 0 Å². The quantitative estimate of drug-likeness (QED) is 0.672. The summed E-state index contributed by atoms with van der Waals surface area (Å²) < 4.78 is 13.9. The van der Waals surface area contributed by atoms with Crippen LogP contribution in [-0.2, 0) is 18.6 Å². The summed E-state index contributed by atoms with van der Waals surface area (Å²) in [6.07, 6.45) is 3.53. The molecule has 21 heavy (non-hydrogen) atoms. The third-order valence-electron chi connectivity index (χ3n) is 3.84. The summed E-state index contributed by atoms with van der Waals surface area (Å²) in [5.74, 6) is 0.140. The van der Waals surface area contributed by atoms with E-state index in [1.165, 1.54) is 30.0 Å². The van der Waals surface area contributed by atoms with E-state index in [1.54, 1.807) is 23.9 Å². The summed E-state index contributed by atoms with van der Waals surface area (Å²) in [7, 11) is -1.63. The molecule has 0 radical (unpaired) electrons. The van der Waals surface area contributed by atoms with E-state index in [-0.39, 0.29) is 5.46 Å². The molecule has 2 nitrogen and oxygen atoms in total. The van der Waals surface area contributed by atoms with E-state index >= 15 is 0 Å². The Hall–Kier alpha value is -1.30. The van der Waals surface area contributed by atoms with Gasteiger partial charge in [-0.1, -0.05) is 18.2 Å². The van der Waals surface area contributed by atoms with Gasteiger partial charge >= 0.3 is 7.12 Å². The van der Waals surface area contributed by atoms with Crippen molar-refractivity contribution in [3.05, 3.63) is 58.9 Å². The lowest BCUT2D eigenvalue weighted by Gasteiger charge is -2.07. The first-order chi connectivity index (χ1) is 10.1. The van der Waals surface area contributed by atoms with Crippen molar-refractivity contribution in [3.63, 3.8) is 0 Å². The standard InChI is InChI=1S/C16H16BFO2S/c18-16-9-14(17(19)20)6-4-13(16)10-21-15-7-5-11-2-1-3-12(11)8-15/h4-9,19-20H,1-3,10H2. The van der Waals surface area contributed by atoms with E-state index in [1.807, 2.05) is 0 Å². The Bertz CT molecular complexity index is 661. The van der Waals surface area contributed by atoms with Crippen LogP contribution in [0, 0.1) is 5.82 Å². The first-order valence-corrected chi connectivity index (χ1v) is 8.01. The molecular formula is C16H16BFO2S. The van der Waals surface area contributed by atoms with Gasteiger partial charge in [0.05, 0.1) is 0 Å². The van der Waals surface area contributed by atoms with Crippen LogP contribution in [-0.4, -0.2) is 17.2 Å². The molecule has 0 spiro atoms.